The Labute approximate surface area is 275 Å². The number of phenols is 1. The molecule has 0 spiro atoms. The van der Waals surface area contributed by atoms with Crippen LogP contribution in [-0.4, -0.2) is 66.0 Å². The Morgan fingerprint density at radius 2 is 1.39 bits per heavy atom. The normalized spacial score (nSPS) is 14.0. The average Bonchev–Trinajstić information content (AvgIpc) is 3.02. The van der Waals surface area contributed by atoms with Gasteiger partial charge in [0.05, 0.1) is 32.7 Å². The first-order valence-corrected chi connectivity index (χ1v) is 16.8. The van der Waals surface area contributed by atoms with E-state index in [1.807, 2.05) is 0 Å². The number of nitrogens with one attached hydrogen (secondary N) is 1. The van der Waals surface area contributed by atoms with E-state index in [1.54, 1.807) is 32.1 Å². The van der Waals surface area contributed by atoms with Gasteiger partial charge in [0.2, 0.25) is 5.91 Å². The summed E-state index contributed by atoms with van der Waals surface area (Å²) in [5, 5.41) is 23.9. The number of aromatic hydroxyl groups is 1. The Hall–Kier alpha value is -3.40. The fourth-order valence-electron chi connectivity index (χ4n) is 5.18. The molecule has 0 radical (unpaired) electrons. The highest BCUT2D eigenvalue weighted by atomic mass is 16.6. The molecule has 46 heavy (non-hydrogen) atoms. The van der Waals surface area contributed by atoms with Crippen molar-refractivity contribution in [3.05, 3.63) is 42.0 Å². The molecule has 0 saturated carbocycles. The Balaban J connectivity index is 3.01. The van der Waals surface area contributed by atoms with E-state index in [1.165, 1.54) is 83.1 Å². The van der Waals surface area contributed by atoms with Gasteiger partial charge in [0.25, 0.3) is 0 Å². The number of carbonyl (C=O) groups excluding carboxylic acids is 4. The fraction of sp³-hybridized carbons (Fsp3) is 0.667. The topological polar surface area (TPSA) is 148 Å². The second-order valence-corrected chi connectivity index (χ2v) is 12.2. The molecule has 1 rings (SSSR count). The molecule has 1 aromatic carbocycles. The molecule has 0 aromatic heterocycles. The van der Waals surface area contributed by atoms with Crippen molar-refractivity contribution in [3.8, 4) is 5.75 Å². The van der Waals surface area contributed by atoms with Crippen LogP contribution >= 0.6 is 0 Å². The summed E-state index contributed by atoms with van der Waals surface area (Å²) in [6.07, 6.45) is 16.6. The molecule has 0 aliphatic carbocycles. The first kappa shape index (κ1) is 40.6. The van der Waals surface area contributed by atoms with Crippen LogP contribution in [0.4, 0.5) is 0 Å². The molecular formula is C36H57NO9. The Morgan fingerprint density at radius 3 is 1.89 bits per heavy atom. The van der Waals surface area contributed by atoms with Gasteiger partial charge in [0.15, 0.2) is 5.60 Å². The van der Waals surface area contributed by atoms with E-state index in [0.29, 0.717) is 12.0 Å². The van der Waals surface area contributed by atoms with Gasteiger partial charge in [-0.2, -0.15) is 0 Å². The molecule has 0 saturated heterocycles. The minimum absolute atomic E-state index is 0.0137. The van der Waals surface area contributed by atoms with Gasteiger partial charge in [0.1, 0.15) is 11.8 Å². The molecule has 0 heterocycles. The third kappa shape index (κ3) is 15.7. The van der Waals surface area contributed by atoms with Crippen molar-refractivity contribution in [2.75, 3.05) is 14.2 Å². The van der Waals surface area contributed by atoms with Crippen molar-refractivity contribution >= 4 is 23.8 Å². The largest absolute Gasteiger partial charge is 0.508 e. The van der Waals surface area contributed by atoms with Crippen molar-refractivity contribution in [1.82, 2.24) is 5.32 Å². The molecule has 10 heteroatoms. The monoisotopic (exact) mass is 647 g/mol. The zero-order chi connectivity index (χ0) is 34.4. The molecule has 3 atom stereocenters. The number of esters is 3. The SMILES string of the molecule is CCCCCCCCCCCCCC/C=C/[C@H](C(=O)N[C@@H](Cc1ccc(O)cc1)C(=O)OC)[C@@](O)(CC(=O)OC)C(=O)OC(C)C. The molecule has 260 valence electrons. The maximum absolute atomic E-state index is 13.8. The van der Waals surface area contributed by atoms with E-state index < -0.39 is 53.9 Å². The lowest BCUT2D eigenvalue weighted by Gasteiger charge is -2.32. The number of ether oxygens (including phenoxy) is 3. The van der Waals surface area contributed by atoms with E-state index >= 15 is 0 Å². The predicted octanol–water partition coefficient (Wildman–Crippen LogP) is 6.10. The van der Waals surface area contributed by atoms with E-state index in [9.17, 15) is 29.4 Å². The summed E-state index contributed by atoms with van der Waals surface area (Å²) in [6, 6.07) is 4.90. The first-order chi connectivity index (χ1) is 22.0. The minimum Gasteiger partial charge on any atom is -0.508 e. The number of carbonyl (C=O) groups is 4. The number of hydrogen-bond donors (Lipinski definition) is 3. The zero-order valence-corrected chi connectivity index (χ0v) is 28.6. The fourth-order valence-corrected chi connectivity index (χ4v) is 5.18. The Kier molecular flexibility index (Phi) is 20.3. The smallest absolute Gasteiger partial charge is 0.340 e. The Bertz CT molecular complexity index is 1070. The van der Waals surface area contributed by atoms with Gasteiger partial charge >= 0.3 is 17.9 Å². The van der Waals surface area contributed by atoms with Crippen molar-refractivity contribution in [2.24, 2.45) is 5.92 Å². The molecule has 3 N–H and O–H groups in total. The van der Waals surface area contributed by atoms with Crippen molar-refractivity contribution in [1.29, 1.82) is 0 Å². The zero-order valence-electron chi connectivity index (χ0n) is 28.6. The van der Waals surface area contributed by atoms with E-state index in [0.717, 1.165) is 26.4 Å². The van der Waals surface area contributed by atoms with Crippen molar-refractivity contribution in [2.45, 2.75) is 135 Å². The average molecular weight is 648 g/mol. The molecule has 0 aliphatic rings. The number of allylic oxidation sites excluding steroid dienone is 1. The van der Waals surface area contributed by atoms with Crippen LogP contribution in [0.1, 0.15) is 116 Å². The molecular weight excluding hydrogens is 590 g/mol. The lowest BCUT2D eigenvalue weighted by Crippen LogP contribution is -2.56. The van der Waals surface area contributed by atoms with Crippen molar-refractivity contribution < 1.29 is 43.6 Å². The highest BCUT2D eigenvalue weighted by molar-refractivity contribution is 5.95. The van der Waals surface area contributed by atoms with Crippen LogP contribution < -0.4 is 5.32 Å². The van der Waals surface area contributed by atoms with E-state index in [2.05, 4.69) is 12.2 Å². The predicted molar refractivity (Wildman–Crippen MR) is 177 cm³/mol. The van der Waals surface area contributed by atoms with Gasteiger partial charge in [-0.3, -0.25) is 9.59 Å². The number of methoxy groups -OCH3 is 2. The summed E-state index contributed by atoms with van der Waals surface area (Å²) >= 11 is 0. The second kappa shape index (κ2) is 23.0. The maximum atomic E-state index is 13.8. The lowest BCUT2D eigenvalue weighted by atomic mass is 9.82. The quantitative estimate of drug-likeness (QED) is 0.0524. The first-order valence-electron chi connectivity index (χ1n) is 16.8. The maximum Gasteiger partial charge on any atom is 0.340 e. The minimum atomic E-state index is -2.60. The van der Waals surface area contributed by atoms with E-state index in [4.69, 9.17) is 14.2 Å². The third-order valence-electron chi connectivity index (χ3n) is 7.87. The van der Waals surface area contributed by atoms with Gasteiger partial charge < -0.3 is 29.7 Å². The highest BCUT2D eigenvalue weighted by Gasteiger charge is 2.50. The van der Waals surface area contributed by atoms with Crippen LogP contribution in [-0.2, 0) is 39.8 Å². The van der Waals surface area contributed by atoms with Gasteiger partial charge in [-0.1, -0.05) is 102 Å². The standard InChI is InChI=1S/C36H57NO9/c1-6-7-8-9-10-11-12-13-14-15-16-17-18-19-20-30(36(43,26-32(39)44-4)35(42)46-27(2)3)33(40)37-31(34(41)45-5)25-28-21-23-29(38)24-22-28/h19-24,27,30-31,38,43H,6-18,25-26H2,1-5H3,(H,37,40)/b20-19+/t30-,31+,36+/m1/s1. The molecule has 0 unspecified atom stereocenters. The number of benzene rings is 1. The molecule has 10 nitrogen and oxygen atoms in total. The summed E-state index contributed by atoms with van der Waals surface area (Å²) in [5.41, 5.74) is -1.98. The molecule has 1 amide bonds. The number of rotatable bonds is 24. The molecule has 1 aromatic rings. The number of phenolic OH excluding ortho intramolecular Hbond substituents is 1. The number of amides is 1. The van der Waals surface area contributed by atoms with Crippen LogP contribution in [0, 0.1) is 5.92 Å². The van der Waals surface area contributed by atoms with Crippen LogP contribution in [0.25, 0.3) is 0 Å². The Morgan fingerprint density at radius 1 is 0.848 bits per heavy atom. The molecule has 0 aliphatic heterocycles. The van der Waals surface area contributed by atoms with Crippen LogP contribution in [0.15, 0.2) is 36.4 Å². The second-order valence-electron chi connectivity index (χ2n) is 12.2. The number of hydrogen-bond acceptors (Lipinski definition) is 9. The summed E-state index contributed by atoms with van der Waals surface area (Å²) < 4.78 is 14.9. The van der Waals surface area contributed by atoms with Gasteiger partial charge in [-0.05, 0) is 44.4 Å². The van der Waals surface area contributed by atoms with E-state index in [-0.39, 0.29) is 12.2 Å². The van der Waals surface area contributed by atoms with Gasteiger partial charge in [-0.15, -0.1) is 0 Å². The summed E-state index contributed by atoms with van der Waals surface area (Å²) in [6.45, 7) is 5.39. The molecule has 0 bridgehead atoms. The summed E-state index contributed by atoms with van der Waals surface area (Å²) in [7, 11) is 2.29. The number of aliphatic hydroxyl groups is 1. The summed E-state index contributed by atoms with van der Waals surface area (Å²) in [5.74, 6) is -5.23. The summed E-state index contributed by atoms with van der Waals surface area (Å²) in [4.78, 5) is 52.0. The van der Waals surface area contributed by atoms with Crippen LogP contribution in [0.2, 0.25) is 0 Å². The van der Waals surface area contributed by atoms with Gasteiger partial charge in [-0.25, -0.2) is 9.59 Å². The number of unbranched alkanes of at least 4 members (excludes halogenated alkanes) is 12. The van der Waals surface area contributed by atoms with Crippen LogP contribution in [0.5, 0.6) is 5.75 Å². The third-order valence-corrected chi connectivity index (χ3v) is 7.87. The highest BCUT2D eigenvalue weighted by Crippen LogP contribution is 2.28. The van der Waals surface area contributed by atoms with Crippen LogP contribution in [0.3, 0.4) is 0 Å². The lowest BCUT2D eigenvalue weighted by molar-refractivity contribution is -0.181. The molecule has 0 fully saturated rings. The van der Waals surface area contributed by atoms with Crippen molar-refractivity contribution in [3.63, 3.8) is 0 Å². The van der Waals surface area contributed by atoms with Gasteiger partial charge in [0, 0.05) is 6.42 Å².